The molecule has 1 aliphatic heterocycles. The van der Waals surface area contributed by atoms with Crippen molar-refractivity contribution in [2.45, 2.75) is 58.5 Å². The van der Waals surface area contributed by atoms with Gasteiger partial charge in [0.1, 0.15) is 6.04 Å². The van der Waals surface area contributed by atoms with Crippen LogP contribution in [0, 0.1) is 6.92 Å². The average Bonchev–Trinajstić information content (AvgIpc) is 2.35. The number of aryl methyl sites for hydroxylation is 1. The van der Waals surface area contributed by atoms with Crippen molar-refractivity contribution < 1.29 is 4.79 Å². The Morgan fingerprint density at radius 2 is 2.15 bits per heavy atom. The fourth-order valence-electron chi connectivity index (χ4n) is 3.53. The summed E-state index contributed by atoms with van der Waals surface area (Å²) in [5, 5.41) is 0. The number of nitrogens with two attached hydrogens (primary N) is 1. The largest absolute Gasteiger partial charge is 0.354 e. The van der Waals surface area contributed by atoms with Crippen molar-refractivity contribution in [2.75, 3.05) is 4.90 Å². The van der Waals surface area contributed by atoms with Crippen LogP contribution in [0.25, 0.3) is 0 Å². The topological polar surface area (TPSA) is 58.4 Å². The van der Waals surface area contributed by atoms with Crippen LogP contribution in [-0.4, -0.2) is 17.5 Å². The standard InChI is InChI=1S/C16H25N3O/c1-10-6-7-13-11(2)9-16(4,5)19(14(13)8-10)12(3)15(20)18-17/h6-8,11-12H,9,17H2,1-5H3,(H,18,20)/t11-,12+/m0/s1. The third-order valence-electron chi connectivity index (χ3n) is 4.34. The van der Waals surface area contributed by atoms with E-state index in [-0.39, 0.29) is 17.5 Å². The highest BCUT2D eigenvalue weighted by atomic mass is 16.2. The Kier molecular flexibility index (Phi) is 3.78. The molecule has 0 unspecified atom stereocenters. The molecule has 0 aromatic heterocycles. The van der Waals surface area contributed by atoms with Crippen molar-refractivity contribution in [1.29, 1.82) is 0 Å². The molecule has 110 valence electrons. The van der Waals surface area contributed by atoms with Gasteiger partial charge >= 0.3 is 0 Å². The number of carbonyl (C=O) groups is 1. The van der Waals surface area contributed by atoms with Crippen molar-refractivity contribution in [3.05, 3.63) is 29.3 Å². The second kappa shape index (κ2) is 5.09. The molecule has 0 saturated carbocycles. The molecule has 0 saturated heterocycles. The van der Waals surface area contributed by atoms with Gasteiger partial charge in [0.05, 0.1) is 0 Å². The zero-order valence-electron chi connectivity index (χ0n) is 13.0. The zero-order chi connectivity index (χ0) is 15.1. The molecule has 4 heteroatoms. The van der Waals surface area contributed by atoms with Crippen LogP contribution in [0.2, 0.25) is 0 Å². The molecule has 1 aliphatic rings. The Morgan fingerprint density at radius 3 is 2.75 bits per heavy atom. The molecule has 0 aliphatic carbocycles. The molecule has 1 aromatic rings. The van der Waals surface area contributed by atoms with Crippen LogP contribution >= 0.6 is 0 Å². The maximum Gasteiger partial charge on any atom is 0.256 e. The molecule has 0 bridgehead atoms. The van der Waals surface area contributed by atoms with Crippen LogP contribution in [0.3, 0.4) is 0 Å². The Hall–Kier alpha value is -1.55. The van der Waals surface area contributed by atoms with E-state index in [1.165, 1.54) is 11.1 Å². The molecule has 3 N–H and O–H groups in total. The fraction of sp³-hybridized carbons (Fsp3) is 0.562. The zero-order valence-corrected chi connectivity index (χ0v) is 13.0. The summed E-state index contributed by atoms with van der Waals surface area (Å²) in [6.07, 6.45) is 1.02. The molecule has 1 amide bonds. The van der Waals surface area contributed by atoms with E-state index in [2.05, 4.69) is 56.2 Å². The van der Waals surface area contributed by atoms with Crippen molar-refractivity contribution >= 4 is 11.6 Å². The second-order valence-corrected chi connectivity index (χ2v) is 6.53. The lowest BCUT2D eigenvalue weighted by Crippen LogP contribution is -2.58. The Labute approximate surface area is 121 Å². The molecular weight excluding hydrogens is 250 g/mol. The second-order valence-electron chi connectivity index (χ2n) is 6.53. The van der Waals surface area contributed by atoms with Crippen molar-refractivity contribution in [2.24, 2.45) is 5.84 Å². The number of benzene rings is 1. The first-order chi connectivity index (χ1) is 9.27. The van der Waals surface area contributed by atoms with Crippen molar-refractivity contribution in [3.63, 3.8) is 0 Å². The molecule has 20 heavy (non-hydrogen) atoms. The van der Waals surface area contributed by atoms with Gasteiger partial charge < -0.3 is 4.90 Å². The predicted molar refractivity (Wildman–Crippen MR) is 82.6 cm³/mol. The minimum absolute atomic E-state index is 0.0772. The number of hydrogen-bond donors (Lipinski definition) is 2. The third kappa shape index (κ3) is 2.40. The summed E-state index contributed by atoms with van der Waals surface area (Å²) in [5.41, 5.74) is 5.87. The number of hydrazine groups is 1. The number of rotatable bonds is 2. The van der Waals surface area contributed by atoms with E-state index in [0.29, 0.717) is 5.92 Å². The fourth-order valence-corrected chi connectivity index (χ4v) is 3.53. The van der Waals surface area contributed by atoms with Gasteiger partial charge in [-0.05, 0) is 57.2 Å². The summed E-state index contributed by atoms with van der Waals surface area (Å²) in [7, 11) is 0. The average molecular weight is 275 g/mol. The van der Waals surface area contributed by atoms with Gasteiger partial charge in [0, 0.05) is 11.2 Å². The summed E-state index contributed by atoms with van der Waals surface area (Å²) in [5.74, 6) is 5.66. The maximum absolute atomic E-state index is 12.0. The smallest absolute Gasteiger partial charge is 0.256 e. The molecule has 2 atom stereocenters. The monoisotopic (exact) mass is 275 g/mol. The van der Waals surface area contributed by atoms with E-state index in [1.54, 1.807) is 0 Å². The van der Waals surface area contributed by atoms with E-state index < -0.39 is 0 Å². The van der Waals surface area contributed by atoms with Crippen LogP contribution in [0.1, 0.15) is 51.2 Å². The van der Waals surface area contributed by atoms with Crippen molar-refractivity contribution in [3.8, 4) is 0 Å². The first-order valence-electron chi connectivity index (χ1n) is 7.18. The SMILES string of the molecule is Cc1ccc2c(c1)N([C@H](C)C(=O)NN)C(C)(C)C[C@@H]2C. The summed E-state index contributed by atoms with van der Waals surface area (Å²) in [4.78, 5) is 14.2. The lowest BCUT2D eigenvalue weighted by molar-refractivity contribution is -0.122. The number of nitrogens with zero attached hydrogens (tertiary/aromatic N) is 1. The quantitative estimate of drug-likeness (QED) is 0.495. The molecule has 1 aromatic carbocycles. The van der Waals surface area contributed by atoms with E-state index in [9.17, 15) is 4.79 Å². The Balaban J connectivity index is 2.56. The molecule has 0 radical (unpaired) electrons. The van der Waals surface area contributed by atoms with Crippen molar-refractivity contribution in [1.82, 2.24) is 5.43 Å². The van der Waals surface area contributed by atoms with E-state index >= 15 is 0 Å². The number of nitrogens with one attached hydrogen (secondary N) is 1. The maximum atomic E-state index is 12.0. The summed E-state index contributed by atoms with van der Waals surface area (Å²) in [6.45, 7) is 10.6. The lowest BCUT2D eigenvalue weighted by Gasteiger charge is -2.50. The molecule has 0 spiro atoms. The Bertz CT molecular complexity index is 524. The summed E-state index contributed by atoms with van der Waals surface area (Å²) < 4.78 is 0. The first kappa shape index (κ1) is 14.9. The van der Waals surface area contributed by atoms with Gasteiger partial charge in [-0.3, -0.25) is 10.2 Å². The Morgan fingerprint density at radius 1 is 1.50 bits per heavy atom. The summed E-state index contributed by atoms with van der Waals surface area (Å²) in [6, 6.07) is 6.21. The van der Waals surface area contributed by atoms with E-state index in [1.807, 2.05) is 6.92 Å². The van der Waals surface area contributed by atoms with E-state index in [4.69, 9.17) is 5.84 Å². The highest BCUT2D eigenvalue weighted by Gasteiger charge is 2.40. The highest BCUT2D eigenvalue weighted by Crippen LogP contribution is 2.44. The van der Waals surface area contributed by atoms with Crippen LogP contribution < -0.4 is 16.2 Å². The third-order valence-corrected chi connectivity index (χ3v) is 4.34. The molecule has 2 rings (SSSR count). The first-order valence-corrected chi connectivity index (χ1v) is 7.18. The highest BCUT2D eigenvalue weighted by molar-refractivity contribution is 5.85. The van der Waals surface area contributed by atoms with Gasteiger partial charge in [-0.1, -0.05) is 19.1 Å². The molecule has 1 heterocycles. The normalized spacial score (nSPS) is 22.1. The number of hydrogen-bond acceptors (Lipinski definition) is 3. The number of carbonyl (C=O) groups excluding carboxylic acids is 1. The van der Waals surface area contributed by atoms with Crippen LogP contribution in [0.15, 0.2) is 18.2 Å². The number of anilines is 1. The predicted octanol–water partition coefficient (Wildman–Crippen LogP) is 2.47. The number of fused-ring (bicyclic) bond motifs is 1. The lowest BCUT2D eigenvalue weighted by atomic mass is 9.79. The van der Waals surface area contributed by atoms with Gasteiger partial charge in [0.2, 0.25) is 0 Å². The number of amides is 1. The van der Waals surface area contributed by atoms with Gasteiger partial charge in [-0.25, -0.2) is 5.84 Å². The van der Waals surface area contributed by atoms with Crippen LogP contribution in [-0.2, 0) is 4.79 Å². The molecule has 4 nitrogen and oxygen atoms in total. The minimum atomic E-state index is -0.289. The van der Waals surface area contributed by atoms with Gasteiger partial charge in [-0.2, -0.15) is 0 Å². The van der Waals surface area contributed by atoms with Gasteiger partial charge in [0.15, 0.2) is 0 Å². The van der Waals surface area contributed by atoms with Gasteiger partial charge in [0.25, 0.3) is 5.91 Å². The van der Waals surface area contributed by atoms with Crippen LogP contribution in [0.5, 0.6) is 0 Å². The van der Waals surface area contributed by atoms with Gasteiger partial charge in [-0.15, -0.1) is 0 Å². The summed E-state index contributed by atoms with van der Waals surface area (Å²) >= 11 is 0. The van der Waals surface area contributed by atoms with Crippen LogP contribution in [0.4, 0.5) is 5.69 Å². The molecular formula is C16H25N3O. The molecule has 0 fully saturated rings. The minimum Gasteiger partial charge on any atom is -0.354 e. The van der Waals surface area contributed by atoms with E-state index in [0.717, 1.165) is 12.1 Å².